The Balaban J connectivity index is 2.22. The Bertz CT molecular complexity index is 275. The summed E-state index contributed by atoms with van der Waals surface area (Å²) < 4.78 is 0. The normalized spacial score (nSPS) is 27.8. The van der Waals surface area contributed by atoms with Crippen LogP contribution in [0.1, 0.15) is 23.5 Å². The lowest BCUT2D eigenvalue weighted by Gasteiger charge is -1.98. The highest BCUT2D eigenvalue weighted by molar-refractivity contribution is 5.50. The van der Waals surface area contributed by atoms with Gasteiger partial charge in [-0.2, -0.15) is 0 Å². The van der Waals surface area contributed by atoms with E-state index in [0.717, 1.165) is 5.92 Å². The molecule has 0 heteroatoms. The fourth-order valence-corrected chi connectivity index (χ4v) is 1.94. The van der Waals surface area contributed by atoms with E-state index < -0.39 is 0 Å². The van der Waals surface area contributed by atoms with Crippen LogP contribution in [0.2, 0.25) is 0 Å². The summed E-state index contributed by atoms with van der Waals surface area (Å²) in [4.78, 5) is 0. The molecule has 48 valence electrons. The van der Waals surface area contributed by atoms with Gasteiger partial charge in [-0.1, -0.05) is 18.2 Å². The van der Waals surface area contributed by atoms with E-state index in [4.69, 9.17) is 0 Å². The summed E-state index contributed by atoms with van der Waals surface area (Å²) in [5, 5.41) is 0. The zero-order chi connectivity index (χ0) is 6.55. The molecule has 1 atom stereocenters. The second-order valence-corrected chi connectivity index (χ2v) is 3.22. The molecule has 0 aromatic heterocycles. The summed E-state index contributed by atoms with van der Waals surface area (Å²) in [7, 11) is 0. The van der Waals surface area contributed by atoms with Gasteiger partial charge in [0.25, 0.3) is 0 Å². The van der Waals surface area contributed by atoms with Crippen LogP contribution >= 0.6 is 0 Å². The maximum Gasteiger partial charge on any atom is -0.00877 e. The van der Waals surface area contributed by atoms with Crippen molar-refractivity contribution in [2.24, 2.45) is 0 Å². The zero-order valence-electron chi connectivity index (χ0n) is 5.72. The van der Waals surface area contributed by atoms with Gasteiger partial charge in [0.1, 0.15) is 0 Å². The van der Waals surface area contributed by atoms with Gasteiger partial charge in [-0.15, -0.1) is 0 Å². The number of fused-ring (bicyclic) bond motifs is 3. The summed E-state index contributed by atoms with van der Waals surface area (Å²) in [6, 6.07) is 9.50. The molecule has 0 amide bonds. The Kier molecular flexibility index (Phi) is 0.715. The monoisotopic (exact) mass is 128 g/mol. The van der Waals surface area contributed by atoms with Gasteiger partial charge in [0.2, 0.25) is 0 Å². The van der Waals surface area contributed by atoms with E-state index in [1.807, 2.05) is 6.07 Å². The van der Waals surface area contributed by atoms with Gasteiger partial charge in [0.05, 0.1) is 0 Å². The van der Waals surface area contributed by atoms with E-state index in [1.165, 1.54) is 18.4 Å². The Morgan fingerprint density at radius 1 is 1.50 bits per heavy atom. The molecule has 1 fully saturated rings. The van der Waals surface area contributed by atoms with Gasteiger partial charge in [-0.25, -0.2) is 0 Å². The van der Waals surface area contributed by atoms with Crippen molar-refractivity contribution in [3.8, 4) is 0 Å². The van der Waals surface area contributed by atoms with Crippen molar-refractivity contribution in [1.82, 2.24) is 0 Å². The van der Waals surface area contributed by atoms with Crippen molar-refractivity contribution in [2.75, 3.05) is 0 Å². The first-order valence-corrected chi connectivity index (χ1v) is 3.78. The van der Waals surface area contributed by atoms with Crippen LogP contribution in [0.25, 0.3) is 0 Å². The lowest BCUT2D eigenvalue weighted by atomic mass is 10.1. The zero-order valence-corrected chi connectivity index (χ0v) is 5.72. The fourth-order valence-electron chi connectivity index (χ4n) is 1.94. The van der Waals surface area contributed by atoms with Crippen molar-refractivity contribution < 1.29 is 0 Å². The van der Waals surface area contributed by atoms with E-state index in [2.05, 4.69) is 18.2 Å². The summed E-state index contributed by atoms with van der Waals surface area (Å²) in [6.07, 6.45) is 2.62. The molecule has 0 nitrogen and oxygen atoms in total. The van der Waals surface area contributed by atoms with E-state index in [0.29, 0.717) is 0 Å². The molecule has 1 aromatic rings. The van der Waals surface area contributed by atoms with Crippen molar-refractivity contribution in [2.45, 2.75) is 18.8 Å². The highest BCUT2D eigenvalue weighted by atomic mass is 14.5. The van der Waals surface area contributed by atoms with Gasteiger partial charge in [0.15, 0.2) is 0 Å². The summed E-state index contributed by atoms with van der Waals surface area (Å²) in [5.41, 5.74) is 3.10. The van der Waals surface area contributed by atoms with Crippen LogP contribution in [0.3, 0.4) is 0 Å². The lowest BCUT2D eigenvalue weighted by Crippen LogP contribution is -1.83. The van der Waals surface area contributed by atoms with E-state index in [1.54, 1.807) is 11.5 Å². The molecule has 0 heterocycles. The van der Waals surface area contributed by atoms with E-state index in [9.17, 15) is 0 Å². The third kappa shape index (κ3) is 0.476. The molecular weight excluding hydrogens is 120 g/mol. The average molecular weight is 128 g/mol. The van der Waals surface area contributed by atoms with Gasteiger partial charge in [-0.05, 0) is 41.9 Å². The van der Waals surface area contributed by atoms with Crippen LogP contribution in [-0.2, 0) is 6.42 Å². The fraction of sp³-hybridized carbons (Fsp3) is 0.300. The Morgan fingerprint density at radius 3 is 3.40 bits per heavy atom. The maximum absolute atomic E-state index is 3.12. The molecule has 2 aliphatic rings. The van der Waals surface area contributed by atoms with Gasteiger partial charge < -0.3 is 0 Å². The quantitative estimate of drug-likeness (QED) is 0.502. The minimum Gasteiger partial charge on any atom is -0.0578 e. The molecule has 3 rings (SSSR count). The molecule has 1 saturated carbocycles. The van der Waals surface area contributed by atoms with Crippen LogP contribution in [0.5, 0.6) is 0 Å². The Hall–Kier alpha value is -0.780. The van der Waals surface area contributed by atoms with Crippen molar-refractivity contribution in [1.29, 1.82) is 0 Å². The van der Waals surface area contributed by atoms with Crippen molar-refractivity contribution in [3.05, 3.63) is 41.3 Å². The van der Waals surface area contributed by atoms with E-state index >= 15 is 0 Å². The molecular formula is C10H8. The molecule has 0 saturated heterocycles. The smallest absolute Gasteiger partial charge is 0.00877 e. The summed E-state index contributed by atoms with van der Waals surface area (Å²) in [5.74, 6) is 2.61. The Labute approximate surface area is 60.9 Å². The molecule has 2 aliphatic carbocycles. The van der Waals surface area contributed by atoms with E-state index in [-0.39, 0.29) is 0 Å². The first kappa shape index (κ1) is 4.95. The molecule has 0 N–H and O–H groups in total. The minimum absolute atomic E-state index is 0.865. The summed E-state index contributed by atoms with van der Waals surface area (Å²) >= 11 is 0. The second-order valence-electron chi connectivity index (χ2n) is 3.22. The largest absolute Gasteiger partial charge is 0.0578 e. The first-order valence-electron chi connectivity index (χ1n) is 3.78. The second kappa shape index (κ2) is 1.45. The predicted molar refractivity (Wildman–Crippen MR) is 39.6 cm³/mol. The van der Waals surface area contributed by atoms with Crippen LogP contribution in [-0.4, -0.2) is 0 Å². The van der Waals surface area contributed by atoms with Crippen molar-refractivity contribution in [3.63, 3.8) is 0 Å². The molecule has 10 heavy (non-hydrogen) atoms. The van der Waals surface area contributed by atoms with Crippen molar-refractivity contribution >= 4 is 0 Å². The standard InChI is InChI=1S/C10H8/c1-2-4-9-7(3-1)5-8-6-10(8)9/h2-4,10H,5-6H2. The molecule has 0 aliphatic heterocycles. The number of benzene rings is 1. The van der Waals surface area contributed by atoms with Crippen LogP contribution in [0.15, 0.2) is 18.2 Å². The predicted octanol–water partition coefficient (Wildman–Crippen LogP) is 2.10. The summed E-state index contributed by atoms with van der Waals surface area (Å²) in [6.45, 7) is 0. The lowest BCUT2D eigenvalue weighted by molar-refractivity contribution is 1.13. The number of rotatable bonds is 0. The highest BCUT2D eigenvalue weighted by Gasteiger charge is 2.45. The first-order chi connectivity index (χ1) is 4.95. The van der Waals surface area contributed by atoms with Crippen LogP contribution < -0.4 is 0 Å². The molecule has 2 radical (unpaired) electrons. The van der Waals surface area contributed by atoms with Crippen LogP contribution in [0, 0.1) is 12.0 Å². The molecule has 0 bridgehead atoms. The Morgan fingerprint density at radius 2 is 2.50 bits per heavy atom. The maximum atomic E-state index is 3.12. The third-order valence-electron chi connectivity index (χ3n) is 2.58. The molecule has 1 aromatic carbocycles. The van der Waals surface area contributed by atoms with Gasteiger partial charge >= 0.3 is 0 Å². The highest BCUT2D eigenvalue weighted by Crippen LogP contribution is 2.57. The SMILES string of the molecule is [c]1ccc2c(c1)C[C]1CC12. The number of hydrogen-bond acceptors (Lipinski definition) is 0. The minimum atomic E-state index is 0.865. The van der Waals surface area contributed by atoms with Gasteiger partial charge in [-0.3, -0.25) is 0 Å². The van der Waals surface area contributed by atoms with Gasteiger partial charge in [0, 0.05) is 0 Å². The topological polar surface area (TPSA) is 0 Å². The average Bonchev–Trinajstić information content (AvgIpc) is 2.64. The molecule has 1 unspecified atom stereocenters. The third-order valence-corrected chi connectivity index (χ3v) is 2.58. The number of hydrogen-bond donors (Lipinski definition) is 0. The van der Waals surface area contributed by atoms with Crippen LogP contribution in [0.4, 0.5) is 0 Å². The molecule has 0 spiro atoms.